The smallest absolute Gasteiger partial charge is 0.271 e. The van der Waals surface area contributed by atoms with Gasteiger partial charge in [0, 0.05) is 5.56 Å². The van der Waals surface area contributed by atoms with Crippen LogP contribution in [0.2, 0.25) is 0 Å². The maximum atomic E-state index is 12.2. The molecule has 0 aliphatic heterocycles. The Morgan fingerprint density at radius 3 is 2.35 bits per heavy atom. The van der Waals surface area contributed by atoms with Crippen molar-refractivity contribution in [1.29, 1.82) is 0 Å². The Balaban J connectivity index is 2.10. The van der Waals surface area contributed by atoms with Gasteiger partial charge in [-0.2, -0.15) is 5.10 Å². The second-order valence-corrected chi connectivity index (χ2v) is 5.20. The Morgan fingerprint density at radius 2 is 1.74 bits per heavy atom. The highest BCUT2D eigenvalue weighted by Gasteiger charge is 2.07. The maximum absolute atomic E-state index is 12.2. The van der Waals surface area contributed by atoms with Crippen molar-refractivity contribution in [2.75, 3.05) is 7.11 Å². The SMILES string of the molecule is CCCCC(=NNC(=O)c1ccc(OC)cc1)c1ccccc1. The average molecular weight is 310 g/mol. The van der Waals surface area contributed by atoms with E-state index in [-0.39, 0.29) is 5.91 Å². The summed E-state index contributed by atoms with van der Waals surface area (Å²) in [6.45, 7) is 2.14. The molecule has 0 spiro atoms. The van der Waals surface area contributed by atoms with E-state index < -0.39 is 0 Å². The van der Waals surface area contributed by atoms with Gasteiger partial charge in [-0.3, -0.25) is 4.79 Å². The van der Waals surface area contributed by atoms with E-state index >= 15 is 0 Å². The third-order valence-electron chi connectivity index (χ3n) is 3.52. The first-order chi connectivity index (χ1) is 11.2. The number of methoxy groups -OCH3 is 1. The van der Waals surface area contributed by atoms with Crippen molar-refractivity contribution < 1.29 is 9.53 Å². The van der Waals surface area contributed by atoms with Gasteiger partial charge in [0.25, 0.3) is 5.91 Å². The lowest BCUT2D eigenvalue weighted by atomic mass is 10.1. The third-order valence-corrected chi connectivity index (χ3v) is 3.52. The summed E-state index contributed by atoms with van der Waals surface area (Å²) in [6.07, 6.45) is 2.95. The summed E-state index contributed by atoms with van der Waals surface area (Å²) >= 11 is 0. The number of ether oxygens (including phenoxy) is 1. The van der Waals surface area contributed by atoms with E-state index in [9.17, 15) is 4.79 Å². The van der Waals surface area contributed by atoms with Crippen LogP contribution >= 0.6 is 0 Å². The van der Waals surface area contributed by atoms with Crippen LogP contribution in [-0.2, 0) is 0 Å². The van der Waals surface area contributed by atoms with Crippen molar-refractivity contribution >= 4 is 11.6 Å². The van der Waals surface area contributed by atoms with Crippen LogP contribution in [-0.4, -0.2) is 18.7 Å². The van der Waals surface area contributed by atoms with E-state index in [1.165, 1.54) is 0 Å². The van der Waals surface area contributed by atoms with Crippen molar-refractivity contribution in [2.45, 2.75) is 26.2 Å². The van der Waals surface area contributed by atoms with Crippen molar-refractivity contribution in [3.8, 4) is 5.75 Å². The summed E-state index contributed by atoms with van der Waals surface area (Å²) < 4.78 is 5.09. The van der Waals surface area contributed by atoms with Gasteiger partial charge < -0.3 is 4.74 Å². The molecule has 4 nitrogen and oxygen atoms in total. The topological polar surface area (TPSA) is 50.7 Å². The van der Waals surface area contributed by atoms with Crippen molar-refractivity contribution in [2.24, 2.45) is 5.10 Å². The van der Waals surface area contributed by atoms with E-state index in [4.69, 9.17) is 4.74 Å². The quantitative estimate of drug-likeness (QED) is 0.620. The van der Waals surface area contributed by atoms with E-state index in [1.807, 2.05) is 30.3 Å². The number of unbranched alkanes of at least 4 members (excludes halogenated alkanes) is 1. The first kappa shape index (κ1) is 16.7. The van der Waals surface area contributed by atoms with Crippen LogP contribution in [0.1, 0.15) is 42.1 Å². The minimum Gasteiger partial charge on any atom is -0.497 e. The highest BCUT2D eigenvalue weighted by atomic mass is 16.5. The molecule has 0 radical (unpaired) electrons. The van der Waals surface area contributed by atoms with Crippen molar-refractivity contribution in [3.05, 3.63) is 65.7 Å². The van der Waals surface area contributed by atoms with E-state index in [2.05, 4.69) is 17.5 Å². The predicted molar refractivity (Wildman–Crippen MR) is 93.0 cm³/mol. The molecule has 120 valence electrons. The van der Waals surface area contributed by atoms with Gasteiger partial charge in [0.2, 0.25) is 0 Å². The Kier molecular flexibility index (Phi) is 6.36. The molecule has 0 heterocycles. The van der Waals surface area contributed by atoms with Crippen LogP contribution < -0.4 is 10.2 Å². The maximum Gasteiger partial charge on any atom is 0.271 e. The van der Waals surface area contributed by atoms with E-state index in [0.29, 0.717) is 5.56 Å². The van der Waals surface area contributed by atoms with Crippen LogP contribution in [0, 0.1) is 0 Å². The zero-order valence-corrected chi connectivity index (χ0v) is 13.6. The molecule has 0 unspecified atom stereocenters. The molecule has 0 aliphatic rings. The lowest BCUT2D eigenvalue weighted by molar-refractivity contribution is 0.0954. The van der Waals surface area contributed by atoms with Crippen LogP contribution in [0.4, 0.5) is 0 Å². The van der Waals surface area contributed by atoms with Gasteiger partial charge in [-0.15, -0.1) is 0 Å². The third kappa shape index (κ3) is 4.95. The van der Waals surface area contributed by atoms with Crippen LogP contribution in [0.15, 0.2) is 59.7 Å². The van der Waals surface area contributed by atoms with E-state index in [0.717, 1.165) is 36.3 Å². The fourth-order valence-corrected chi connectivity index (χ4v) is 2.16. The van der Waals surface area contributed by atoms with Crippen molar-refractivity contribution in [1.82, 2.24) is 5.43 Å². The molecular formula is C19H22N2O2. The molecular weight excluding hydrogens is 288 g/mol. The normalized spacial score (nSPS) is 11.1. The molecule has 0 aromatic heterocycles. The van der Waals surface area contributed by atoms with Crippen LogP contribution in [0.3, 0.4) is 0 Å². The van der Waals surface area contributed by atoms with Gasteiger partial charge in [0.15, 0.2) is 0 Å². The zero-order chi connectivity index (χ0) is 16.5. The lowest BCUT2D eigenvalue weighted by Crippen LogP contribution is -2.20. The van der Waals surface area contributed by atoms with Gasteiger partial charge in [0.05, 0.1) is 12.8 Å². The molecule has 23 heavy (non-hydrogen) atoms. The summed E-state index contributed by atoms with van der Waals surface area (Å²) in [6, 6.07) is 16.9. The molecule has 2 rings (SSSR count). The fraction of sp³-hybridized carbons (Fsp3) is 0.263. The average Bonchev–Trinajstić information content (AvgIpc) is 2.62. The second kappa shape index (κ2) is 8.73. The lowest BCUT2D eigenvalue weighted by Gasteiger charge is -2.07. The van der Waals surface area contributed by atoms with E-state index in [1.54, 1.807) is 31.4 Å². The predicted octanol–water partition coefficient (Wildman–Crippen LogP) is 4.02. The second-order valence-electron chi connectivity index (χ2n) is 5.20. The molecule has 1 amide bonds. The number of benzene rings is 2. The number of carbonyl (C=O) groups is 1. The molecule has 1 N–H and O–H groups in total. The summed E-state index contributed by atoms with van der Waals surface area (Å²) in [4.78, 5) is 12.2. The molecule has 2 aromatic rings. The standard InChI is InChI=1S/C19H22N2O2/c1-3-4-10-18(15-8-6-5-7-9-15)20-21-19(22)16-11-13-17(23-2)14-12-16/h5-9,11-14H,3-4,10H2,1-2H3,(H,21,22). The fourth-order valence-electron chi connectivity index (χ4n) is 2.16. The Bertz CT molecular complexity index is 649. The van der Waals surface area contributed by atoms with Gasteiger partial charge in [-0.1, -0.05) is 43.7 Å². The first-order valence-electron chi connectivity index (χ1n) is 7.81. The summed E-state index contributed by atoms with van der Waals surface area (Å²) in [5.41, 5.74) is 5.14. The monoisotopic (exact) mass is 310 g/mol. The highest BCUT2D eigenvalue weighted by molar-refractivity contribution is 6.02. The van der Waals surface area contributed by atoms with Crippen LogP contribution in [0.25, 0.3) is 0 Å². The van der Waals surface area contributed by atoms with Gasteiger partial charge >= 0.3 is 0 Å². The van der Waals surface area contributed by atoms with Gasteiger partial charge in [-0.05, 0) is 42.7 Å². The molecule has 0 saturated carbocycles. The summed E-state index contributed by atoms with van der Waals surface area (Å²) in [5.74, 6) is 0.496. The molecule has 0 atom stereocenters. The number of hydrazone groups is 1. The molecule has 0 saturated heterocycles. The van der Waals surface area contributed by atoms with Gasteiger partial charge in [0.1, 0.15) is 5.75 Å². The van der Waals surface area contributed by atoms with Crippen LogP contribution in [0.5, 0.6) is 5.75 Å². The minimum absolute atomic E-state index is 0.224. The molecule has 0 fully saturated rings. The molecule has 2 aromatic carbocycles. The number of nitrogens with zero attached hydrogens (tertiary/aromatic N) is 1. The summed E-state index contributed by atoms with van der Waals surface area (Å²) in [5, 5.41) is 4.34. The number of hydrogen-bond acceptors (Lipinski definition) is 3. The Morgan fingerprint density at radius 1 is 1.04 bits per heavy atom. The zero-order valence-electron chi connectivity index (χ0n) is 13.6. The number of hydrogen-bond donors (Lipinski definition) is 1. The number of nitrogens with one attached hydrogen (secondary N) is 1. The molecule has 4 heteroatoms. The van der Waals surface area contributed by atoms with Gasteiger partial charge in [-0.25, -0.2) is 5.43 Å². The highest BCUT2D eigenvalue weighted by Crippen LogP contribution is 2.12. The Labute approximate surface area is 137 Å². The van der Waals surface area contributed by atoms with Crippen molar-refractivity contribution in [3.63, 3.8) is 0 Å². The molecule has 0 aliphatic carbocycles. The number of carbonyl (C=O) groups excluding carboxylic acids is 1. The summed E-state index contributed by atoms with van der Waals surface area (Å²) in [7, 11) is 1.60. The first-order valence-corrected chi connectivity index (χ1v) is 7.81. The molecule has 0 bridgehead atoms. The number of amides is 1. The number of rotatable bonds is 7. The Hall–Kier alpha value is -2.62. The largest absolute Gasteiger partial charge is 0.497 e. The minimum atomic E-state index is -0.224.